The number of halogens is 1. The van der Waals surface area contributed by atoms with Crippen molar-refractivity contribution in [3.05, 3.63) is 59.0 Å². The zero-order valence-electron chi connectivity index (χ0n) is 11.9. The van der Waals surface area contributed by atoms with Gasteiger partial charge in [0.05, 0.1) is 0 Å². The third-order valence-electron chi connectivity index (χ3n) is 3.36. The molecule has 21 heavy (non-hydrogen) atoms. The smallest absolute Gasteiger partial charge is 0.227 e. The van der Waals surface area contributed by atoms with Crippen LogP contribution in [0.25, 0.3) is 10.8 Å². The van der Waals surface area contributed by atoms with Crippen LogP contribution < -0.4 is 4.74 Å². The maximum Gasteiger partial charge on any atom is 0.227 e. The Labute approximate surface area is 128 Å². The molecule has 0 amide bonds. The molecule has 0 saturated carbocycles. The third-order valence-corrected chi connectivity index (χ3v) is 3.73. The molecule has 4 heteroatoms. The van der Waals surface area contributed by atoms with Crippen molar-refractivity contribution < 1.29 is 4.74 Å². The standard InChI is InChI=1S/C17H15ClN2O/c1-3-15-19-16(18)11(2)17(20-15)21-14-10-6-8-12-7-4-5-9-13(12)14/h4-10H,3H2,1-2H3. The number of benzene rings is 2. The van der Waals surface area contributed by atoms with Crippen LogP contribution in [0.3, 0.4) is 0 Å². The van der Waals surface area contributed by atoms with Gasteiger partial charge in [-0.15, -0.1) is 0 Å². The highest BCUT2D eigenvalue weighted by molar-refractivity contribution is 6.30. The average Bonchev–Trinajstić information content (AvgIpc) is 2.52. The molecule has 1 aromatic heterocycles. The van der Waals surface area contributed by atoms with Gasteiger partial charge in [0.1, 0.15) is 16.7 Å². The van der Waals surface area contributed by atoms with Crippen molar-refractivity contribution in [2.75, 3.05) is 0 Å². The van der Waals surface area contributed by atoms with E-state index in [0.29, 0.717) is 23.3 Å². The van der Waals surface area contributed by atoms with E-state index in [1.54, 1.807) is 0 Å². The molecule has 0 atom stereocenters. The number of fused-ring (bicyclic) bond motifs is 1. The highest BCUT2D eigenvalue weighted by Gasteiger charge is 2.12. The highest BCUT2D eigenvalue weighted by Crippen LogP contribution is 2.32. The van der Waals surface area contributed by atoms with E-state index in [4.69, 9.17) is 16.3 Å². The van der Waals surface area contributed by atoms with E-state index < -0.39 is 0 Å². The van der Waals surface area contributed by atoms with Crippen LogP contribution in [0.2, 0.25) is 5.15 Å². The Hall–Kier alpha value is -2.13. The molecule has 0 fully saturated rings. The molecule has 0 saturated heterocycles. The number of hydrogen-bond acceptors (Lipinski definition) is 3. The number of nitrogens with zero attached hydrogens (tertiary/aromatic N) is 2. The van der Waals surface area contributed by atoms with Gasteiger partial charge in [0.25, 0.3) is 0 Å². The van der Waals surface area contributed by atoms with E-state index in [1.165, 1.54) is 0 Å². The molecule has 0 radical (unpaired) electrons. The van der Waals surface area contributed by atoms with Crippen LogP contribution in [0.15, 0.2) is 42.5 Å². The van der Waals surface area contributed by atoms with Crippen LogP contribution in [-0.2, 0) is 6.42 Å². The highest BCUT2D eigenvalue weighted by atomic mass is 35.5. The van der Waals surface area contributed by atoms with Gasteiger partial charge in [0.2, 0.25) is 5.88 Å². The van der Waals surface area contributed by atoms with Crippen molar-refractivity contribution in [1.29, 1.82) is 0 Å². The Kier molecular flexibility index (Phi) is 3.76. The molecular weight excluding hydrogens is 284 g/mol. The summed E-state index contributed by atoms with van der Waals surface area (Å²) in [7, 11) is 0. The first-order chi connectivity index (χ1) is 10.2. The van der Waals surface area contributed by atoms with Gasteiger partial charge in [0.15, 0.2) is 0 Å². The number of ether oxygens (including phenoxy) is 1. The van der Waals surface area contributed by atoms with E-state index in [-0.39, 0.29) is 0 Å². The van der Waals surface area contributed by atoms with Gasteiger partial charge in [-0.1, -0.05) is 54.9 Å². The van der Waals surface area contributed by atoms with Crippen molar-refractivity contribution in [2.24, 2.45) is 0 Å². The topological polar surface area (TPSA) is 35.0 Å². The molecule has 3 aromatic rings. The normalized spacial score (nSPS) is 10.8. The van der Waals surface area contributed by atoms with Gasteiger partial charge < -0.3 is 4.74 Å². The maximum atomic E-state index is 6.15. The molecule has 0 spiro atoms. The molecule has 3 nitrogen and oxygen atoms in total. The van der Waals surface area contributed by atoms with Gasteiger partial charge in [-0.25, -0.2) is 4.98 Å². The average molecular weight is 299 g/mol. The third kappa shape index (κ3) is 2.69. The lowest BCUT2D eigenvalue weighted by Crippen LogP contribution is -2.00. The monoisotopic (exact) mass is 298 g/mol. The second-order valence-corrected chi connectivity index (χ2v) is 5.15. The van der Waals surface area contributed by atoms with Crippen LogP contribution in [0, 0.1) is 6.92 Å². The van der Waals surface area contributed by atoms with E-state index in [9.17, 15) is 0 Å². The Morgan fingerprint density at radius 3 is 2.62 bits per heavy atom. The van der Waals surface area contributed by atoms with E-state index in [2.05, 4.69) is 22.1 Å². The first-order valence-electron chi connectivity index (χ1n) is 6.87. The summed E-state index contributed by atoms with van der Waals surface area (Å²) in [5.41, 5.74) is 0.752. The van der Waals surface area contributed by atoms with Crippen LogP contribution in [0.5, 0.6) is 11.6 Å². The van der Waals surface area contributed by atoms with Crippen LogP contribution in [-0.4, -0.2) is 9.97 Å². The van der Waals surface area contributed by atoms with E-state index in [1.807, 2.05) is 44.2 Å². The van der Waals surface area contributed by atoms with Crippen molar-refractivity contribution >= 4 is 22.4 Å². The van der Waals surface area contributed by atoms with Crippen LogP contribution >= 0.6 is 11.6 Å². The fraction of sp³-hybridized carbons (Fsp3) is 0.176. The van der Waals surface area contributed by atoms with Gasteiger partial charge >= 0.3 is 0 Å². The lowest BCUT2D eigenvalue weighted by molar-refractivity contribution is 0.459. The number of aryl methyl sites for hydroxylation is 1. The Bertz CT molecular complexity index is 797. The summed E-state index contributed by atoms with van der Waals surface area (Å²) in [4.78, 5) is 8.67. The Morgan fingerprint density at radius 2 is 1.81 bits per heavy atom. The van der Waals surface area contributed by atoms with Crippen molar-refractivity contribution in [3.8, 4) is 11.6 Å². The second kappa shape index (κ2) is 5.70. The lowest BCUT2D eigenvalue weighted by Gasteiger charge is -2.11. The second-order valence-electron chi connectivity index (χ2n) is 4.79. The minimum absolute atomic E-state index is 0.442. The van der Waals surface area contributed by atoms with Gasteiger partial charge in [-0.3, -0.25) is 0 Å². The quantitative estimate of drug-likeness (QED) is 0.642. The van der Waals surface area contributed by atoms with Gasteiger partial charge in [-0.2, -0.15) is 4.98 Å². The Morgan fingerprint density at radius 1 is 1.05 bits per heavy atom. The summed E-state index contributed by atoms with van der Waals surface area (Å²) in [6.07, 6.45) is 0.714. The van der Waals surface area contributed by atoms with E-state index in [0.717, 1.165) is 22.1 Å². The van der Waals surface area contributed by atoms with Crippen LogP contribution in [0.4, 0.5) is 0 Å². The SMILES string of the molecule is CCc1nc(Cl)c(C)c(Oc2cccc3ccccc23)n1. The van der Waals surface area contributed by atoms with Gasteiger partial charge in [0, 0.05) is 17.4 Å². The number of aromatic nitrogens is 2. The van der Waals surface area contributed by atoms with Crippen molar-refractivity contribution in [2.45, 2.75) is 20.3 Å². The molecule has 0 aliphatic carbocycles. The minimum Gasteiger partial charge on any atom is -0.438 e. The maximum absolute atomic E-state index is 6.15. The predicted octanol–water partition coefficient (Wildman–Crippen LogP) is 4.95. The van der Waals surface area contributed by atoms with E-state index >= 15 is 0 Å². The minimum atomic E-state index is 0.442. The first-order valence-corrected chi connectivity index (χ1v) is 7.25. The molecule has 0 N–H and O–H groups in total. The molecule has 106 valence electrons. The number of rotatable bonds is 3. The molecule has 0 aliphatic rings. The molecule has 0 aliphatic heterocycles. The van der Waals surface area contributed by atoms with Gasteiger partial charge in [-0.05, 0) is 18.4 Å². The summed E-state index contributed by atoms with van der Waals surface area (Å²) >= 11 is 6.15. The van der Waals surface area contributed by atoms with Crippen LogP contribution in [0.1, 0.15) is 18.3 Å². The predicted molar refractivity (Wildman–Crippen MR) is 85.2 cm³/mol. The zero-order valence-corrected chi connectivity index (χ0v) is 12.7. The molecule has 0 unspecified atom stereocenters. The molecule has 2 aromatic carbocycles. The summed E-state index contributed by atoms with van der Waals surface area (Å²) < 4.78 is 6.01. The van der Waals surface area contributed by atoms with Crippen molar-refractivity contribution in [1.82, 2.24) is 9.97 Å². The van der Waals surface area contributed by atoms with Crippen molar-refractivity contribution in [3.63, 3.8) is 0 Å². The summed E-state index contributed by atoms with van der Waals surface area (Å²) in [6.45, 7) is 3.85. The summed E-state index contributed by atoms with van der Waals surface area (Å²) in [6, 6.07) is 14.0. The summed E-state index contributed by atoms with van der Waals surface area (Å²) in [5, 5.41) is 2.62. The fourth-order valence-electron chi connectivity index (χ4n) is 2.16. The lowest BCUT2D eigenvalue weighted by atomic mass is 10.1. The molecule has 3 rings (SSSR count). The fourth-order valence-corrected chi connectivity index (χ4v) is 2.34. The zero-order chi connectivity index (χ0) is 14.8. The summed E-state index contributed by atoms with van der Waals surface area (Å²) in [5.74, 6) is 1.97. The molecular formula is C17H15ClN2O. The number of hydrogen-bond donors (Lipinski definition) is 0. The molecule has 0 bridgehead atoms. The largest absolute Gasteiger partial charge is 0.438 e. The first kappa shape index (κ1) is 13.8. The Balaban J connectivity index is 2.09. The molecule has 1 heterocycles.